The van der Waals surface area contributed by atoms with Gasteiger partial charge in [0, 0.05) is 11.1 Å². The molecule has 7 nitrogen and oxygen atoms in total. The van der Waals surface area contributed by atoms with Crippen molar-refractivity contribution in [1.82, 2.24) is 30.6 Å². The smallest absolute Gasteiger partial charge is 0.193 e. The molecule has 2 aliphatic rings. The lowest BCUT2D eigenvalue weighted by atomic mass is 10.0. The molecule has 7 heteroatoms. The van der Waals surface area contributed by atoms with Crippen molar-refractivity contribution in [3.8, 4) is 0 Å². The predicted molar refractivity (Wildman–Crippen MR) is 116 cm³/mol. The minimum Gasteiger partial charge on any atom is -0.341 e. The van der Waals surface area contributed by atoms with Gasteiger partial charge in [0.25, 0.3) is 0 Å². The summed E-state index contributed by atoms with van der Waals surface area (Å²) in [7, 11) is 0. The second kappa shape index (κ2) is 7.04. The highest BCUT2D eigenvalue weighted by Crippen LogP contribution is 2.26. The number of aromatic amines is 2. The molecule has 0 saturated carbocycles. The lowest BCUT2D eigenvalue weighted by Crippen LogP contribution is -2.13. The molecule has 2 unspecified atom stereocenters. The number of rotatable bonds is 4. The van der Waals surface area contributed by atoms with Crippen LogP contribution in [0.4, 0.5) is 0 Å². The molecule has 0 radical (unpaired) electrons. The quantitative estimate of drug-likeness (QED) is 0.393. The Hall–Kier alpha value is -3.03. The van der Waals surface area contributed by atoms with Crippen LogP contribution in [-0.2, 0) is 0 Å². The van der Waals surface area contributed by atoms with Crippen molar-refractivity contribution in [1.29, 1.82) is 0 Å². The molecule has 152 valence electrons. The van der Waals surface area contributed by atoms with E-state index in [-0.39, 0.29) is 17.9 Å². The number of imidazole rings is 2. The first-order valence-electron chi connectivity index (χ1n) is 10.8. The molecule has 0 bridgehead atoms. The summed E-state index contributed by atoms with van der Waals surface area (Å²) in [6.45, 7) is 2.06. The number of hydrogen-bond donors (Lipinski definition) is 4. The second-order valence-electron chi connectivity index (χ2n) is 8.33. The number of benzene rings is 2. The minimum absolute atomic E-state index is 0.00378. The Bertz CT molecular complexity index is 1150. The third kappa shape index (κ3) is 3.02. The number of carbonyl (C=O) groups excluding carboxylic acids is 1. The fourth-order valence-corrected chi connectivity index (χ4v) is 4.67. The highest BCUT2D eigenvalue weighted by molar-refractivity contribution is 6.11. The number of H-pyrrole nitrogens is 2. The third-order valence-electron chi connectivity index (χ3n) is 6.31. The molecule has 6 rings (SSSR count). The van der Waals surface area contributed by atoms with Crippen LogP contribution >= 0.6 is 0 Å². The summed E-state index contributed by atoms with van der Waals surface area (Å²) < 4.78 is 0. The molecule has 2 aliphatic heterocycles. The Morgan fingerprint density at radius 1 is 0.767 bits per heavy atom. The van der Waals surface area contributed by atoms with Crippen LogP contribution in [0, 0.1) is 0 Å². The van der Waals surface area contributed by atoms with Crippen molar-refractivity contribution in [3.05, 3.63) is 59.2 Å². The predicted octanol–water partition coefficient (Wildman–Crippen LogP) is 3.52. The molecular weight excluding hydrogens is 376 g/mol. The standard InChI is InChI=1S/C23H24N6O/c30-21(13-5-7-15-19(11-13)28-22(26-15)17-3-1-9-24-17)14-6-8-16-20(12-14)29-23(27-16)18-4-2-10-25-18/h5-8,11-12,17-18,24-25H,1-4,9-10H2,(H,26,28)(H,27,29). The van der Waals surface area contributed by atoms with Gasteiger partial charge in [-0.3, -0.25) is 4.79 Å². The van der Waals surface area contributed by atoms with Gasteiger partial charge >= 0.3 is 0 Å². The molecule has 0 aliphatic carbocycles. The average Bonchev–Trinajstić information content (AvgIpc) is 3.56. The summed E-state index contributed by atoms with van der Waals surface area (Å²) in [6.07, 6.45) is 4.52. The van der Waals surface area contributed by atoms with E-state index in [9.17, 15) is 4.79 Å². The Kier molecular flexibility index (Phi) is 4.17. The van der Waals surface area contributed by atoms with E-state index < -0.39 is 0 Å². The Labute approximate surface area is 173 Å². The minimum atomic E-state index is 0.00378. The van der Waals surface area contributed by atoms with E-state index in [0.717, 1.165) is 59.6 Å². The van der Waals surface area contributed by atoms with Gasteiger partial charge in [0.2, 0.25) is 0 Å². The van der Waals surface area contributed by atoms with Gasteiger partial charge in [-0.05, 0) is 75.2 Å². The fraction of sp³-hybridized carbons (Fsp3) is 0.348. The maximum absolute atomic E-state index is 13.2. The van der Waals surface area contributed by atoms with Crippen LogP contribution in [0.2, 0.25) is 0 Å². The molecule has 2 atom stereocenters. The van der Waals surface area contributed by atoms with Crippen molar-refractivity contribution in [2.75, 3.05) is 13.1 Å². The van der Waals surface area contributed by atoms with Crippen LogP contribution in [0.5, 0.6) is 0 Å². The van der Waals surface area contributed by atoms with Gasteiger partial charge in [-0.2, -0.15) is 0 Å². The van der Waals surface area contributed by atoms with Gasteiger partial charge in [-0.15, -0.1) is 0 Å². The third-order valence-corrected chi connectivity index (χ3v) is 6.31. The van der Waals surface area contributed by atoms with E-state index in [1.54, 1.807) is 0 Å². The van der Waals surface area contributed by atoms with Gasteiger partial charge < -0.3 is 20.6 Å². The summed E-state index contributed by atoms with van der Waals surface area (Å²) in [6, 6.07) is 12.0. The fourth-order valence-electron chi connectivity index (χ4n) is 4.67. The number of fused-ring (bicyclic) bond motifs is 2. The van der Waals surface area contributed by atoms with Crippen LogP contribution in [0.3, 0.4) is 0 Å². The molecule has 2 aromatic carbocycles. The van der Waals surface area contributed by atoms with Crippen LogP contribution in [-0.4, -0.2) is 38.8 Å². The number of ketones is 1. The van der Waals surface area contributed by atoms with E-state index >= 15 is 0 Å². The molecule has 4 N–H and O–H groups in total. The first kappa shape index (κ1) is 17.8. The molecule has 4 heterocycles. The van der Waals surface area contributed by atoms with Gasteiger partial charge in [0.05, 0.1) is 34.2 Å². The Morgan fingerprint density at radius 3 is 1.70 bits per heavy atom. The second-order valence-corrected chi connectivity index (χ2v) is 8.33. The monoisotopic (exact) mass is 400 g/mol. The number of nitrogens with one attached hydrogen (secondary N) is 4. The summed E-state index contributed by atoms with van der Waals surface area (Å²) in [4.78, 5) is 29.4. The topological polar surface area (TPSA) is 98.5 Å². The summed E-state index contributed by atoms with van der Waals surface area (Å²) in [5, 5.41) is 6.92. The van der Waals surface area contributed by atoms with E-state index in [1.807, 2.05) is 36.4 Å². The Balaban J connectivity index is 1.31. The molecule has 0 spiro atoms. The van der Waals surface area contributed by atoms with E-state index in [4.69, 9.17) is 9.97 Å². The van der Waals surface area contributed by atoms with Gasteiger partial charge in [0.1, 0.15) is 11.6 Å². The van der Waals surface area contributed by atoms with E-state index in [2.05, 4.69) is 20.6 Å². The highest BCUT2D eigenvalue weighted by Gasteiger charge is 2.21. The number of nitrogens with zero attached hydrogens (tertiary/aromatic N) is 2. The molecule has 2 saturated heterocycles. The molecule has 4 aromatic rings. The van der Waals surface area contributed by atoms with E-state index in [0.29, 0.717) is 11.1 Å². The SMILES string of the molecule is O=C(c1ccc2nc(C3CCCN3)[nH]c2c1)c1ccc2nc(C3CCCN3)[nH]c2c1. The molecule has 2 fully saturated rings. The summed E-state index contributed by atoms with van der Waals surface area (Å²) >= 11 is 0. The van der Waals surface area contributed by atoms with Crippen LogP contribution in [0.1, 0.15) is 65.3 Å². The first-order chi connectivity index (χ1) is 14.7. The zero-order valence-corrected chi connectivity index (χ0v) is 16.7. The number of aromatic nitrogens is 4. The van der Waals surface area contributed by atoms with E-state index in [1.165, 1.54) is 12.8 Å². The average molecular weight is 400 g/mol. The Morgan fingerprint density at radius 2 is 1.27 bits per heavy atom. The zero-order valence-electron chi connectivity index (χ0n) is 16.7. The van der Waals surface area contributed by atoms with Gasteiger partial charge in [0.15, 0.2) is 5.78 Å². The number of hydrogen-bond acceptors (Lipinski definition) is 5. The van der Waals surface area contributed by atoms with Crippen molar-refractivity contribution in [2.24, 2.45) is 0 Å². The van der Waals surface area contributed by atoms with Gasteiger partial charge in [-0.25, -0.2) is 9.97 Å². The van der Waals surface area contributed by atoms with Crippen molar-refractivity contribution in [3.63, 3.8) is 0 Å². The molecule has 30 heavy (non-hydrogen) atoms. The lowest BCUT2D eigenvalue weighted by molar-refractivity contribution is 0.103. The number of carbonyl (C=O) groups is 1. The van der Waals surface area contributed by atoms with Crippen molar-refractivity contribution < 1.29 is 4.79 Å². The summed E-state index contributed by atoms with van der Waals surface area (Å²) in [5.41, 5.74) is 4.92. The van der Waals surface area contributed by atoms with Crippen LogP contribution in [0.15, 0.2) is 36.4 Å². The van der Waals surface area contributed by atoms with Crippen LogP contribution in [0.25, 0.3) is 22.1 Å². The molecule has 2 aromatic heterocycles. The lowest BCUT2D eigenvalue weighted by Gasteiger charge is -2.04. The summed E-state index contributed by atoms with van der Waals surface area (Å²) in [5.74, 6) is 1.92. The molecule has 0 amide bonds. The van der Waals surface area contributed by atoms with Crippen LogP contribution < -0.4 is 10.6 Å². The van der Waals surface area contributed by atoms with Crippen molar-refractivity contribution in [2.45, 2.75) is 37.8 Å². The largest absolute Gasteiger partial charge is 0.341 e. The van der Waals surface area contributed by atoms with Crippen molar-refractivity contribution >= 4 is 27.9 Å². The first-order valence-corrected chi connectivity index (χ1v) is 10.8. The highest BCUT2D eigenvalue weighted by atomic mass is 16.1. The zero-order chi connectivity index (χ0) is 20.1. The maximum Gasteiger partial charge on any atom is 0.193 e. The van der Waals surface area contributed by atoms with Gasteiger partial charge in [-0.1, -0.05) is 0 Å². The maximum atomic E-state index is 13.2. The normalized spacial score (nSPS) is 21.7. The molecular formula is C23H24N6O.